The molecule has 1 heterocycles. The average molecular weight is 257 g/mol. The van der Waals surface area contributed by atoms with Gasteiger partial charge in [-0.3, -0.25) is 4.90 Å². The first-order valence-corrected chi connectivity index (χ1v) is 7.32. The smallest absolute Gasteiger partial charge is 0.0484 e. The Bertz CT molecular complexity index is 213. The van der Waals surface area contributed by atoms with E-state index in [4.69, 9.17) is 10.5 Å². The molecule has 108 valence electrons. The molecule has 1 fully saturated rings. The Hall–Kier alpha value is -0.160. The number of rotatable bonds is 7. The summed E-state index contributed by atoms with van der Waals surface area (Å²) in [4.78, 5) is 4.86. The maximum absolute atomic E-state index is 6.13. The van der Waals surface area contributed by atoms with E-state index in [2.05, 4.69) is 30.8 Å². The molecule has 1 atom stereocenters. The summed E-state index contributed by atoms with van der Waals surface area (Å²) in [6.45, 7) is 8.12. The van der Waals surface area contributed by atoms with Gasteiger partial charge in [0.2, 0.25) is 0 Å². The van der Waals surface area contributed by atoms with Crippen LogP contribution >= 0.6 is 0 Å². The van der Waals surface area contributed by atoms with Crippen LogP contribution in [0.25, 0.3) is 0 Å². The largest absolute Gasteiger partial charge is 0.381 e. The van der Waals surface area contributed by atoms with Crippen molar-refractivity contribution in [1.29, 1.82) is 0 Å². The highest BCUT2D eigenvalue weighted by atomic mass is 16.5. The standard InChI is InChI=1S/C14H31N3O/c1-4-8-17(10-9-16(2)3)14(13-15)6-5-11-18-12-7-14/h4-13,15H2,1-3H3. The van der Waals surface area contributed by atoms with Gasteiger partial charge in [-0.15, -0.1) is 0 Å². The normalized spacial score (nSPS) is 25.7. The monoisotopic (exact) mass is 257 g/mol. The summed E-state index contributed by atoms with van der Waals surface area (Å²) >= 11 is 0. The fourth-order valence-electron chi connectivity index (χ4n) is 2.82. The Morgan fingerprint density at radius 1 is 1.11 bits per heavy atom. The van der Waals surface area contributed by atoms with E-state index in [0.717, 1.165) is 52.2 Å². The number of likely N-dealkylation sites (N-methyl/N-ethyl adjacent to an activating group) is 1. The van der Waals surface area contributed by atoms with Gasteiger partial charge in [0.05, 0.1) is 0 Å². The number of nitrogens with zero attached hydrogens (tertiary/aromatic N) is 2. The molecule has 1 unspecified atom stereocenters. The molecule has 0 amide bonds. The van der Waals surface area contributed by atoms with Crippen LogP contribution < -0.4 is 5.73 Å². The lowest BCUT2D eigenvalue weighted by molar-refractivity contribution is 0.0612. The van der Waals surface area contributed by atoms with Gasteiger partial charge in [0.25, 0.3) is 0 Å². The van der Waals surface area contributed by atoms with E-state index in [1.807, 2.05) is 0 Å². The van der Waals surface area contributed by atoms with Crippen molar-refractivity contribution in [2.45, 2.75) is 38.1 Å². The summed E-state index contributed by atoms with van der Waals surface area (Å²) in [5.41, 5.74) is 6.30. The molecule has 1 aliphatic heterocycles. The Kier molecular flexibility index (Phi) is 7.15. The summed E-state index contributed by atoms with van der Waals surface area (Å²) in [5, 5.41) is 0. The van der Waals surface area contributed by atoms with E-state index in [0.29, 0.717) is 0 Å². The van der Waals surface area contributed by atoms with Crippen molar-refractivity contribution in [1.82, 2.24) is 9.80 Å². The topological polar surface area (TPSA) is 41.7 Å². The minimum Gasteiger partial charge on any atom is -0.381 e. The molecule has 0 spiro atoms. The summed E-state index contributed by atoms with van der Waals surface area (Å²) in [7, 11) is 4.27. The van der Waals surface area contributed by atoms with E-state index in [1.54, 1.807) is 0 Å². The Morgan fingerprint density at radius 2 is 1.89 bits per heavy atom. The Labute approximate surface area is 112 Å². The molecule has 18 heavy (non-hydrogen) atoms. The van der Waals surface area contributed by atoms with Crippen LogP contribution in [0.3, 0.4) is 0 Å². The highest BCUT2D eigenvalue weighted by molar-refractivity contribution is 4.93. The third kappa shape index (κ3) is 4.50. The summed E-state index contributed by atoms with van der Waals surface area (Å²) in [6, 6.07) is 0. The van der Waals surface area contributed by atoms with Crippen LogP contribution in [0.1, 0.15) is 32.6 Å². The van der Waals surface area contributed by atoms with Gasteiger partial charge in [0.1, 0.15) is 0 Å². The van der Waals surface area contributed by atoms with Gasteiger partial charge in [-0.25, -0.2) is 0 Å². The number of hydrogen-bond acceptors (Lipinski definition) is 4. The van der Waals surface area contributed by atoms with E-state index < -0.39 is 0 Å². The van der Waals surface area contributed by atoms with Crippen molar-refractivity contribution in [2.24, 2.45) is 5.73 Å². The number of hydrogen-bond donors (Lipinski definition) is 1. The van der Waals surface area contributed by atoms with Crippen LogP contribution in [-0.2, 0) is 4.74 Å². The second kappa shape index (κ2) is 8.10. The van der Waals surface area contributed by atoms with Gasteiger partial charge in [-0.1, -0.05) is 6.92 Å². The van der Waals surface area contributed by atoms with Crippen molar-refractivity contribution in [2.75, 3.05) is 53.5 Å². The fraction of sp³-hybridized carbons (Fsp3) is 1.00. The number of nitrogens with two attached hydrogens (primary N) is 1. The first kappa shape index (κ1) is 15.9. The zero-order valence-corrected chi connectivity index (χ0v) is 12.5. The van der Waals surface area contributed by atoms with Gasteiger partial charge < -0.3 is 15.4 Å². The molecule has 4 nitrogen and oxygen atoms in total. The average Bonchev–Trinajstić information content (AvgIpc) is 2.60. The fourth-order valence-corrected chi connectivity index (χ4v) is 2.82. The summed E-state index contributed by atoms with van der Waals surface area (Å²) < 4.78 is 5.61. The SMILES string of the molecule is CCCN(CCN(C)C)C1(CN)CCCOCC1. The van der Waals surface area contributed by atoms with Gasteiger partial charge >= 0.3 is 0 Å². The molecule has 2 N–H and O–H groups in total. The predicted octanol–water partition coefficient (Wildman–Crippen LogP) is 1.16. The van der Waals surface area contributed by atoms with Crippen molar-refractivity contribution in [3.63, 3.8) is 0 Å². The molecular weight excluding hydrogens is 226 g/mol. The Morgan fingerprint density at radius 3 is 2.50 bits per heavy atom. The van der Waals surface area contributed by atoms with Crippen LogP contribution in [0.2, 0.25) is 0 Å². The Balaban J connectivity index is 2.70. The van der Waals surface area contributed by atoms with Gasteiger partial charge in [-0.2, -0.15) is 0 Å². The van der Waals surface area contributed by atoms with E-state index >= 15 is 0 Å². The van der Waals surface area contributed by atoms with Gasteiger partial charge in [0.15, 0.2) is 0 Å². The van der Waals surface area contributed by atoms with Crippen molar-refractivity contribution in [3.05, 3.63) is 0 Å². The van der Waals surface area contributed by atoms with Crippen LogP contribution in [0, 0.1) is 0 Å². The summed E-state index contributed by atoms with van der Waals surface area (Å²) in [6.07, 6.45) is 4.59. The molecule has 0 aliphatic carbocycles. The molecule has 0 aromatic heterocycles. The zero-order chi connectivity index (χ0) is 13.4. The lowest BCUT2D eigenvalue weighted by atomic mass is 9.88. The summed E-state index contributed by atoms with van der Waals surface area (Å²) in [5.74, 6) is 0. The van der Waals surface area contributed by atoms with Gasteiger partial charge in [-0.05, 0) is 46.3 Å². The third-order valence-electron chi connectivity index (χ3n) is 4.00. The molecule has 0 aromatic rings. The van der Waals surface area contributed by atoms with Gasteiger partial charge in [0, 0.05) is 38.4 Å². The van der Waals surface area contributed by atoms with Crippen molar-refractivity contribution < 1.29 is 4.74 Å². The number of ether oxygens (including phenoxy) is 1. The lowest BCUT2D eigenvalue weighted by Gasteiger charge is -2.43. The maximum Gasteiger partial charge on any atom is 0.0484 e. The quantitative estimate of drug-likeness (QED) is 0.743. The third-order valence-corrected chi connectivity index (χ3v) is 4.00. The molecule has 0 aromatic carbocycles. The molecule has 1 rings (SSSR count). The highest BCUT2D eigenvalue weighted by Crippen LogP contribution is 2.27. The lowest BCUT2D eigenvalue weighted by Crippen LogP contribution is -2.56. The first-order valence-electron chi connectivity index (χ1n) is 7.32. The van der Waals surface area contributed by atoms with E-state index in [-0.39, 0.29) is 5.54 Å². The van der Waals surface area contributed by atoms with Crippen LogP contribution in [-0.4, -0.2) is 68.8 Å². The second-order valence-electron chi connectivity index (χ2n) is 5.68. The van der Waals surface area contributed by atoms with Crippen molar-refractivity contribution in [3.8, 4) is 0 Å². The molecule has 1 aliphatic rings. The molecule has 0 bridgehead atoms. The minimum atomic E-state index is 0.169. The minimum absolute atomic E-state index is 0.169. The molecular formula is C14H31N3O. The van der Waals surface area contributed by atoms with Crippen LogP contribution in [0.4, 0.5) is 0 Å². The van der Waals surface area contributed by atoms with Crippen LogP contribution in [0.5, 0.6) is 0 Å². The zero-order valence-electron chi connectivity index (χ0n) is 12.5. The molecule has 0 saturated carbocycles. The maximum atomic E-state index is 6.13. The first-order chi connectivity index (χ1) is 8.64. The predicted molar refractivity (Wildman–Crippen MR) is 76.9 cm³/mol. The van der Waals surface area contributed by atoms with Crippen LogP contribution in [0.15, 0.2) is 0 Å². The highest BCUT2D eigenvalue weighted by Gasteiger charge is 2.35. The second-order valence-corrected chi connectivity index (χ2v) is 5.68. The van der Waals surface area contributed by atoms with E-state index in [9.17, 15) is 0 Å². The van der Waals surface area contributed by atoms with Crippen molar-refractivity contribution >= 4 is 0 Å². The molecule has 0 radical (unpaired) electrons. The molecule has 1 saturated heterocycles. The van der Waals surface area contributed by atoms with E-state index in [1.165, 1.54) is 12.8 Å². The molecule has 4 heteroatoms.